The van der Waals surface area contributed by atoms with Crippen LogP contribution < -0.4 is 4.74 Å². The van der Waals surface area contributed by atoms with Crippen molar-refractivity contribution < 1.29 is 24.5 Å². The van der Waals surface area contributed by atoms with Crippen molar-refractivity contribution in [1.82, 2.24) is 9.80 Å². The summed E-state index contributed by atoms with van der Waals surface area (Å²) in [5.74, 6) is -0.519. The van der Waals surface area contributed by atoms with Gasteiger partial charge in [0.15, 0.2) is 11.5 Å². The molecule has 2 N–H and O–H groups in total. The lowest BCUT2D eigenvalue weighted by molar-refractivity contribution is -0.194. The summed E-state index contributed by atoms with van der Waals surface area (Å²) in [5, 5.41) is 23.7. The number of phenols is 1. The fourth-order valence-electron chi connectivity index (χ4n) is 7.81. The summed E-state index contributed by atoms with van der Waals surface area (Å²) in [6, 6.07) is 5.62. The van der Waals surface area contributed by atoms with E-state index in [1.54, 1.807) is 6.07 Å². The predicted octanol–water partition coefficient (Wildman–Crippen LogP) is 3.70. The second-order valence-electron chi connectivity index (χ2n) is 10.5. The third-order valence-electron chi connectivity index (χ3n) is 9.20. The van der Waals surface area contributed by atoms with Crippen molar-refractivity contribution in [3.63, 3.8) is 0 Å². The minimum Gasteiger partial charge on any atom is -0.504 e. The van der Waals surface area contributed by atoms with Crippen LogP contribution in [0.15, 0.2) is 36.9 Å². The van der Waals surface area contributed by atoms with Crippen LogP contribution in [0.4, 0.5) is 0 Å². The molecule has 2 aromatic carbocycles. The number of likely N-dealkylation sites (tertiary alicyclic amines) is 1. The SMILES string of the molecule is C=CCN1CC[C@]23c4c5ccc(O)c4O[C@H]2[C@H](N2C(=O)c4cc(Cl)c(Cl)cc4C2=O)CCC3(O)[C@H]1C5. The van der Waals surface area contributed by atoms with Crippen LogP contribution in [0.5, 0.6) is 11.5 Å². The van der Waals surface area contributed by atoms with Gasteiger partial charge in [-0.25, -0.2) is 0 Å². The second-order valence-corrected chi connectivity index (χ2v) is 11.3. The van der Waals surface area contributed by atoms with Crippen LogP contribution in [0.2, 0.25) is 10.0 Å². The number of piperidine rings is 1. The van der Waals surface area contributed by atoms with E-state index in [1.165, 1.54) is 17.0 Å². The number of ether oxygens (including phenoxy) is 1. The van der Waals surface area contributed by atoms with E-state index in [-0.39, 0.29) is 33.0 Å². The van der Waals surface area contributed by atoms with Gasteiger partial charge in [0.2, 0.25) is 0 Å². The van der Waals surface area contributed by atoms with Gasteiger partial charge in [-0.1, -0.05) is 35.3 Å². The molecule has 1 unspecified atom stereocenters. The molecule has 2 aromatic rings. The Morgan fingerprint density at radius 1 is 1.14 bits per heavy atom. The average Bonchev–Trinajstić information content (AvgIpc) is 3.31. The Bertz CT molecular complexity index is 1350. The summed E-state index contributed by atoms with van der Waals surface area (Å²) in [6.45, 7) is 5.25. The van der Waals surface area contributed by atoms with E-state index in [0.717, 1.165) is 11.1 Å². The number of aliphatic hydroxyl groups is 1. The number of aromatic hydroxyl groups is 1. The Morgan fingerprint density at radius 2 is 1.83 bits per heavy atom. The van der Waals surface area contributed by atoms with Gasteiger partial charge in [0.1, 0.15) is 6.10 Å². The van der Waals surface area contributed by atoms with E-state index in [9.17, 15) is 19.8 Å². The first kappa shape index (κ1) is 22.6. The number of carbonyl (C=O) groups is 2. The maximum atomic E-state index is 13.6. The molecule has 186 valence electrons. The monoisotopic (exact) mass is 526 g/mol. The number of halogens is 2. The molecule has 0 radical (unpaired) electrons. The van der Waals surface area contributed by atoms with Crippen molar-refractivity contribution in [2.75, 3.05) is 13.1 Å². The molecule has 3 heterocycles. The van der Waals surface area contributed by atoms with Crippen LogP contribution in [0, 0.1) is 0 Å². The van der Waals surface area contributed by atoms with E-state index < -0.39 is 35.0 Å². The quantitative estimate of drug-likeness (QED) is 0.468. The van der Waals surface area contributed by atoms with E-state index in [1.807, 2.05) is 12.1 Å². The smallest absolute Gasteiger partial charge is 0.261 e. The molecule has 1 saturated heterocycles. The molecular weight excluding hydrogens is 503 g/mol. The Morgan fingerprint density at radius 3 is 2.50 bits per heavy atom. The molecular formula is C27H24Cl2N2O5. The van der Waals surface area contributed by atoms with Gasteiger partial charge in [-0.15, -0.1) is 6.58 Å². The number of hydrogen-bond donors (Lipinski definition) is 2. The zero-order valence-electron chi connectivity index (χ0n) is 19.3. The van der Waals surface area contributed by atoms with Gasteiger partial charge in [-0.05, 0) is 56.0 Å². The minimum atomic E-state index is -1.15. The van der Waals surface area contributed by atoms with E-state index in [4.69, 9.17) is 27.9 Å². The maximum Gasteiger partial charge on any atom is 0.261 e. The number of fused-ring (bicyclic) bond motifs is 1. The Hall–Kier alpha value is -2.58. The first-order valence-corrected chi connectivity index (χ1v) is 12.9. The lowest BCUT2D eigenvalue weighted by Gasteiger charge is -2.64. The molecule has 7 nitrogen and oxygen atoms in total. The Balaban J connectivity index is 1.39. The normalized spacial score (nSPS) is 33.9. The first-order valence-electron chi connectivity index (χ1n) is 12.2. The third-order valence-corrected chi connectivity index (χ3v) is 9.92. The molecule has 1 spiro atoms. The average molecular weight is 527 g/mol. The molecule has 9 heteroatoms. The first-order chi connectivity index (χ1) is 17.2. The molecule has 5 aliphatic rings. The zero-order chi connectivity index (χ0) is 25.1. The minimum absolute atomic E-state index is 0.00604. The van der Waals surface area contributed by atoms with Gasteiger partial charge in [-0.2, -0.15) is 0 Å². The van der Waals surface area contributed by atoms with Gasteiger partial charge in [0.25, 0.3) is 11.8 Å². The lowest BCUT2D eigenvalue weighted by Crippen LogP contribution is -2.78. The van der Waals surface area contributed by atoms with Crippen LogP contribution in [0.3, 0.4) is 0 Å². The molecule has 5 atom stereocenters. The zero-order valence-corrected chi connectivity index (χ0v) is 20.8. The van der Waals surface area contributed by atoms with E-state index in [2.05, 4.69) is 11.5 Å². The number of benzene rings is 2. The predicted molar refractivity (Wildman–Crippen MR) is 133 cm³/mol. The fourth-order valence-corrected chi connectivity index (χ4v) is 8.13. The highest BCUT2D eigenvalue weighted by Crippen LogP contribution is 2.66. The van der Waals surface area contributed by atoms with Crippen LogP contribution in [-0.4, -0.2) is 68.7 Å². The highest BCUT2D eigenvalue weighted by molar-refractivity contribution is 6.43. The molecule has 2 aliphatic carbocycles. The number of nitrogens with zero attached hydrogens (tertiary/aromatic N) is 2. The van der Waals surface area contributed by atoms with Crippen molar-refractivity contribution in [3.05, 3.63) is 69.2 Å². The topological polar surface area (TPSA) is 90.3 Å². The fraction of sp³-hybridized carbons (Fsp3) is 0.407. The summed E-state index contributed by atoms with van der Waals surface area (Å²) in [5.41, 5.74) is 0.285. The largest absolute Gasteiger partial charge is 0.504 e. The van der Waals surface area contributed by atoms with Crippen molar-refractivity contribution in [2.24, 2.45) is 0 Å². The number of imide groups is 1. The molecule has 2 fully saturated rings. The van der Waals surface area contributed by atoms with Crippen molar-refractivity contribution in [1.29, 1.82) is 0 Å². The van der Waals surface area contributed by atoms with E-state index >= 15 is 0 Å². The number of amides is 2. The maximum absolute atomic E-state index is 13.6. The summed E-state index contributed by atoms with van der Waals surface area (Å²) in [6.07, 6.45) is 3.11. The number of phenolic OH excluding ortho intramolecular Hbond substituents is 1. The molecule has 3 aliphatic heterocycles. The summed E-state index contributed by atoms with van der Waals surface area (Å²) in [7, 11) is 0. The molecule has 1 saturated carbocycles. The molecule has 36 heavy (non-hydrogen) atoms. The summed E-state index contributed by atoms with van der Waals surface area (Å²) >= 11 is 12.3. The van der Waals surface area contributed by atoms with Gasteiger partial charge < -0.3 is 14.9 Å². The van der Waals surface area contributed by atoms with Gasteiger partial charge in [-0.3, -0.25) is 19.4 Å². The van der Waals surface area contributed by atoms with Crippen LogP contribution in [0.25, 0.3) is 0 Å². The van der Waals surface area contributed by atoms with E-state index in [0.29, 0.717) is 44.5 Å². The van der Waals surface area contributed by atoms with Gasteiger partial charge in [0.05, 0.1) is 38.2 Å². The standard InChI is InChI=1S/C27H24Cl2N2O5/c1-2-8-30-9-7-26-21-13-3-4-19(32)22(21)36-23(26)18(5-6-27(26,35)20(30)10-13)31-24(33)14-11-16(28)17(29)12-15(14)25(31)34/h2-4,11-12,18,20,23,32,35H,1,5-10H2/t18-,20-,23+,26+,27?/m1/s1. The van der Waals surface area contributed by atoms with Crippen LogP contribution in [0.1, 0.15) is 51.1 Å². The summed E-state index contributed by atoms with van der Waals surface area (Å²) in [4.78, 5) is 30.7. The molecule has 2 amide bonds. The molecule has 2 bridgehead atoms. The lowest BCUT2D eigenvalue weighted by atomic mass is 9.48. The Labute approximate surface area is 217 Å². The van der Waals surface area contributed by atoms with Crippen molar-refractivity contribution in [2.45, 2.75) is 54.9 Å². The highest BCUT2D eigenvalue weighted by atomic mass is 35.5. The number of rotatable bonds is 3. The van der Waals surface area contributed by atoms with Crippen LogP contribution in [-0.2, 0) is 11.8 Å². The highest BCUT2D eigenvalue weighted by Gasteiger charge is 2.74. The van der Waals surface area contributed by atoms with Crippen molar-refractivity contribution in [3.8, 4) is 11.5 Å². The van der Waals surface area contributed by atoms with Crippen molar-refractivity contribution >= 4 is 35.0 Å². The second kappa shape index (κ2) is 7.25. The number of carbonyl (C=O) groups excluding carboxylic acids is 2. The molecule has 0 aromatic heterocycles. The summed E-state index contributed by atoms with van der Waals surface area (Å²) < 4.78 is 6.49. The van der Waals surface area contributed by atoms with Crippen LogP contribution >= 0.6 is 23.2 Å². The Kier molecular flexibility index (Phi) is 4.56. The van der Waals surface area contributed by atoms with Gasteiger partial charge in [0, 0.05) is 18.2 Å². The van der Waals surface area contributed by atoms with Gasteiger partial charge >= 0.3 is 0 Å². The molecule has 7 rings (SSSR count). The number of hydrogen-bond acceptors (Lipinski definition) is 6. The third kappa shape index (κ3) is 2.47.